The molecule has 0 fully saturated rings. The Hall–Kier alpha value is -4.08. The van der Waals surface area contributed by atoms with Crippen molar-refractivity contribution >= 4 is 33.1 Å². The summed E-state index contributed by atoms with van der Waals surface area (Å²) in [4.78, 5) is 19.0. The molecular weight excluding hydrogens is 458 g/mol. The predicted octanol–water partition coefficient (Wildman–Crippen LogP) is 5.23. The molecule has 0 atom stereocenters. The highest BCUT2D eigenvalue weighted by Gasteiger charge is 2.15. The van der Waals surface area contributed by atoms with Gasteiger partial charge in [-0.1, -0.05) is 0 Å². The maximum absolute atomic E-state index is 5.86. The minimum atomic E-state index is 0.596. The van der Waals surface area contributed by atoms with Crippen LogP contribution < -0.4 is 4.74 Å². The van der Waals surface area contributed by atoms with Gasteiger partial charge < -0.3 is 14.6 Å². The Labute approximate surface area is 205 Å². The summed E-state index contributed by atoms with van der Waals surface area (Å²) >= 11 is 1.68. The fourth-order valence-electron chi connectivity index (χ4n) is 4.09. The molecule has 6 aromatic rings. The van der Waals surface area contributed by atoms with Crippen molar-refractivity contribution < 1.29 is 4.74 Å². The highest BCUT2D eigenvalue weighted by molar-refractivity contribution is 7.08. The number of aromatic nitrogens is 6. The minimum Gasteiger partial charge on any atom is -0.491 e. The number of likely N-dealkylation sites (N-methyl/N-ethyl adjacent to an activating group) is 1. The van der Waals surface area contributed by atoms with Crippen LogP contribution in [0.2, 0.25) is 0 Å². The molecule has 0 saturated carbocycles. The first-order chi connectivity index (χ1) is 17.2. The second kappa shape index (κ2) is 8.94. The SMILES string of the molecule is CN(C)CCOc1cncc(-c2cc3c(-c4cc5c(-c6ccsc6)cncc5[nH]4)n[nH]c3cn2)c1. The van der Waals surface area contributed by atoms with E-state index in [1.54, 1.807) is 23.7 Å². The van der Waals surface area contributed by atoms with Gasteiger partial charge in [-0.2, -0.15) is 16.4 Å². The molecule has 8 nitrogen and oxygen atoms in total. The lowest BCUT2D eigenvalue weighted by molar-refractivity contribution is 0.261. The van der Waals surface area contributed by atoms with Gasteiger partial charge in [0, 0.05) is 40.8 Å². The predicted molar refractivity (Wildman–Crippen MR) is 140 cm³/mol. The smallest absolute Gasteiger partial charge is 0.138 e. The minimum absolute atomic E-state index is 0.596. The maximum atomic E-state index is 5.86. The van der Waals surface area contributed by atoms with Gasteiger partial charge in [-0.05, 0) is 54.7 Å². The summed E-state index contributed by atoms with van der Waals surface area (Å²) in [6.45, 7) is 1.43. The molecule has 0 aliphatic heterocycles. The Bertz CT molecular complexity index is 1620. The van der Waals surface area contributed by atoms with Crippen molar-refractivity contribution in [1.29, 1.82) is 0 Å². The first kappa shape index (κ1) is 21.5. The van der Waals surface area contributed by atoms with E-state index in [-0.39, 0.29) is 0 Å². The summed E-state index contributed by atoms with van der Waals surface area (Å²) in [5.41, 5.74) is 7.56. The number of rotatable bonds is 7. The van der Waals surface area contributed by atoms with Gasteiger partial charge in [0.15, 0.2) is 0 Å². The van der Waals surface area contributed by atoms with Gasteiger partial charge >= 0.3 is 0 Å². The third kappa shape index (κ3) is 4.16. The van der Waals surface area contributed by atoms with Crippen molar-refractivity contribution in [2.75, 3.05) is 27.2 Å². The summed E-state index contributed by atoms with van der Waals surface area (Å²) < 4.78 is 5.86. The van der Waals surface area contributed by atoms with Gasteiger partial charge in [-0.25, -0.2) is 0 Å². The molecule has 0 spiro atoms. The summed E-state index contributed by atoms with van der Waals surface area (Å²) in [5, 5.41) is 14.0. The molecule has 0 radical (unpaired) electrons. The topological polar surface area (TPSA) is 95.6 Å². The third-order valence-corrected chi connectivity index (χ3v) is 6.58. The average molecular weight is 482 g/mol. The molecule has 9 heteroatoms. The Morgan fingerprint density at radius 2 is 1.86 bits per heavy atom. The molecule has 2 N–H and O–H groups in total. The first-order valence-corrected chi connectivity index (χ1v) is 12.2. The Balaban J connectivity index is 1.38. The molecule has 6 aromatic heterocycles. The number of hydrogen-bond acceptors (Lipinski definition) is 7. The second-order valence-corrected chi connectivity index (χ2v) is 9.37. The van der Waals surface area contributed by atoms with Gasteiger partial charge in [0.05, 0.1) is 41.0 Å². The van der Waals surface area contributed by atoms with E-state index in [0.717, 1.165) is 67.9 Å². The lowest BCUT2D eigenvalue weighted by Gasteiger charge is -2.11. The van der Waals surface area contributed by atoms with E-state index in [4.69, 9.17) is 4.74 Å². The summed E-state index contributed by atoms with van der Waals surface area (Å²) in [6, 6.07) is 8.26. The molecule has 0 aromatic carbocycles. The van der Waals surface area contributed by atoms with Crippen molar-refractivity contribution in [3.8, 4) is 39.5 Å². The Morgan fingerprint density at radius 1 is 0.943 bits per heavy atom. The molecule has 0 bridgehead atoms. The van der Waals surface area contributed by atoms with Crippen LogP contribution in [-0.2, 0) is 0 Å². The molecule has 0 amide bonds. The molecule has 0 aliphatic rings. The number of hydrogen-bond donors (Lipinski definition) is 2. The van der Waals surface area contributed by atoms with E-state index < -0.39 is 0 Å². The van der Waals surface area contributed by atoms with Crippen LogP contribution in [0.3, 0.4) is 0 Å². The van der Waals surface area contributed by atoms with E-state index in [9.17, 15) is 0 Å². The molecule has 174 valence electrons. The van der Waals surface area contributed by atoms with E-state index in [2.05, 4.69) is 57.9 Å². The van der Waals surface area contributed by atoms with Crippen molar-refractivity contribution in [2.45, 2.75) is 0 Å². The molecule has 0 saturated heterocycles. The average Bonchev–Trinajstić information content (AvgIpc) is 3.62. The molecule has 35 heavy (non-hydrogen) atoms. The zero-order valence-electron chi connectivity index (χ0n) is 19.3. The largest absolute Gasteiger partial charge is 0.491 e. The summed E-state index contributed by atoms with van der Waals surface area (Å²) in [5.74, 6) is 0.725. The number of H-pyrrole nitrogens is 2. The van der Waals surface area contributed by atoms with Crippen molar-refractivity contribution in [1.82, 2.24) is 35.0 Å². The van der Waals surface area contributed by atoms with Crippen LogP contribution in [0.1, 0.15) is 0 Å². The van der Waals surface area contributed by atoms with Gasteiger partial charge in [0.2, 0.25) is 0 Å². The van der Waals surface area contributed by atoms with E-state index >= 15 is 0 Å². The summed E-state index contributed by atoms with van der Waals surface area (Å²) in [7, 11) is 4.04. The third-order valence-electron chi connectivity index (χ3n) is 5.90. The zero-order chi connectivity index (χ0) is 23.8. The number of nitrogens with one attached hydrogen (secondary N) is 2. The molecule has 6 rings (SSSR count). The number of thiophene rings is 1. The van der Waals surface area contributed by atoms with Crippen LogP contribution in [0.25, 0.3) is 55.6 Å². The lowest BCUT2D eigenvalue weighted by atomic mass is 10.1. The maximum Gasteiger partial charge on any atom is 0.138 e. The standard InChI is InChI=1S/C26H23N7OS/c1-33(2)4-5-34-18-7-17(10-27-11-18)22-9-20-25(14-29-22)31-32-26(20)23-8-19-21(16-3-6-35-15-16)12-28-13-24(19)30-23/h3,6-15,30H,4-5H2,1-2H3,(H,31,32). The van der Waals surface area contributed by atoms with Crippen molar-refractivity contribution in [3.05, 3.63) is 66.0 Å². The number of ether oxygens (including phenoxy) is 1. The number of aromatic amines is 2. The summed E-state index contributed by atoms with van der Waals surface area (Å²) in [6.07, 6.45) is 9.10. The normalized spacial score (nSPS) is 11.6. The zero-order valence-corrected chi connectivity index (χ0v) is 20.1. The van der Waals surface area contributed by atoms with Crippen LogP contribution in [0, 0.1) is 0 Å². The number of pyridine rings is 3. The Kier molecular flexibility index (Phi) is 5.48. The van der Waals surface area contributed by atoms with Crippen LogP contribution in [0.4, 0.5) is 0 Å². The highest BCUT2D eigenvalue weighted by atomic mass is 32.1. The van der Waals surface area contributed by atoms with Gasteiger partial charge in [0.25, 0.3) is 0 Å². The fourth-order valence-corrected chi connectivity index (χ4v) is 4.75. The molecular formula is C26H23N7OS. The highest BCUT2D eigenvalue weighted by Crippen LogP contribution is 2.35. The van der Waals surface area contributed by atoms with Crippen LogP contribution in [-0.4, -0.2) is 62.3 Å². The second-order valence-electron chi connectivity index (χ2n) is 8.59. The molecule has 0 aliphatic carbocycles. The fraction of sp³-hybridized carbons (Fsp3) is 0.154. The molecule has 6 heterocycles. The van der Waals surface area contributed by atoms with E-state index in [1.165, 1.54) is 0 Å². The van der Waals surface area contributed by atoms with Crippen molar-refractivity contribution in [2.24, 2.45) is 0 Å². The molecule has 0 unspecified atom stereocenters. The lowest BCUT2D eigenvalue weighted by Crippen LogP contribution is -2.19. The van der Waals surface area contributed by atoms with E-state index in [1.807, 2.05) is 44.8 Å². The van der Waals surface area contributed by atoms with Gasteiger partial charge in [-0.15, -0.1) is 0 Å². The van der Waals surface area contributed by atoms with E-state index in [0.29, 0.717) is 6.61 Å². The van der Waals surface area contributed by atoms with Gasteiger partial charge in [-0.3, -0.25) is 20.1 Å². The van der Waals surface area contributed by atoms with Crippen LogP contribution >= 0.6 is 11.3 Å². The van der Waals surface area contributed by atoms with Crippen LogP contribution in [0.15, 0.2) is 66.0 Å². The monoisotopic (exact) mass is 481 g/mol. The van der Waals surface area contributed by atoms with Gasteiger partial charge in [0.1, 0.15) is 18.1 Å². The number of fused-ring (bicyclic) bond motifs is 2. The Morgan fingerprint density at radius 3 is 2.71 bits per heavy atom. The number of nitrogens with zero attached hydrogens (tertiary/aromatic N) is 5. The van der Waals surface area contributed by atoms with Crippen LogP contribution in [0.5, 0.6) is 5.75 Å². The quantitative estimate of drug-likeness (QED) is 0.324. The first-order valence-electron chi connectivity index (χ1n) is 11.2. The van der Waals surface area contributed by atoms with Crippen molar-refractivity contribution in [3.63, 3.8) is 0 Å².